The van der Waals surface area contributed by atoms with Crippen molar-refractivity contribution < 1.29 is 24.2 Å². The van der Waals surface area contributed by atoms with Gasteiger partial charge in [0.05, 0.1) is 6.61 Å². The number of carbonyl (C=O) groups excluding carboxylic acids is 2. The molecule has 7 heteroatoms. The van der Waals surface area contributed by atoms with Crippen molar-refractivity contribution in [3.8, 4) is 0 Å². The van der Waals surface area contributed by atoms with Gasteiger partial charge in [0.15, 0.2) is 0 Å². The minimum absolute atomic E-state index is 0.147. The summed E-state index contributed by atoms with van der Waals surface area (Å²) in [6, 6.07) is -1.20. The zero-order valence-electron chi connectivity index (χ0n) is 11.3. The van der Waals surface area contributed by atoms with Gasteiger partial charge >= 0.3 is 18.0 Å². The van der Waals surface area contributed by atoms with Crippen LogP contribution in [0.5, 0.6) is 0 Å². The Labute approximate surface area is 112 Å². The second kappa shape index (κ2) is 6.96. The first kappa shape index (κ1) is 15.3. The molecule has 7 nitrogen and oxygen atoms in total. The molecule has 108 valence electrons. The number of nitrogens with zero attached hydrogens (tertiary/aromatic N) is 2. The third kappa shape index (κ3) is 3.84. The second-order valence-corrected chi connectivity index (χ2v) is 4.29. The molecular formula is C12H20N2O5. The highest BCUT2D eigenvalue weighted by molar-refractivity contribution is 5.85. The Bertz CT molecular complexity index is 358. The van der Waals surface area contributed by atoms with Crippen LogP contribution >= 0.6 is 0 Å². The number of likely N-dealkylation sites (tertiary alicyclic amines) is 1. The molecule has 1 N–H and O–H groups in total. The van der Waals surface area contributed by atoms with Crippen LogP contribution in [0.25, 0.3) is 0 Å². The lowest BCUT2D eigenvalue weighted by Gasteiger charge is -2.28. The average molecular weight is 272 g/mol. The highest BCUT2D eigenvalue weighted by Crippen LogP contribution is 2.19. The molecule has 19 heavy (non-hydrogen) atoms. The van der Waals surface area contributed by atoms with Crippen LogP contribution < -0.4 is 0 Å². The van der Waals surface area contributed by atoms with Crippen molar-refractivity contribution in [1.29, 1.82) is 0 Å². The van der Waals surface area contributed by atoms with E-state index in [1.165, 1.54) is 9.80 Å². The lowest BCUT2D eigenvalue weighted by atomic mass is 10.2. The normalized spacial score (nSPS) is 18.2. The maximum atomic E-state index is 12.2. The highest BCUT2D eigenvalue weighted by atomic mass is 16.5. The maximum absolute atomic E-state index is 12.2. The minimum atomic E-state index is -1.00. The van der Waals surface area contributed by atoms with Crippen molar-refractivity contribution >= 4 is 18.0 Å². The molecule has 2 amide bonds. The monoisotopic (exact) mass is 272 g/mol. The summed E-state index contributed by atoms with van der Waals surface area (Å²) in [5, 5.41) is 9.05. The van der Waals surface area contributed by atoms with Gasteiger partial charge in [-0.2, -0.15) is 0 Å². The molecule has 0 radical (unpaired) electrons. The van der Waals surface area contributed by atoms with Gasteiger partial charge in [-0.1, -0.05) is 0 Å². The molecule has 1 fully saturated rings. The van der Waals surface area contributed by atoms with Crippen LogP contribution in [0.2, 0.25) is 0 Å². The Kier molecular flexibility index (Phi) is 5.59. The zero-order valence-corrected chi connectivity index (χ0v) is 11.3. The zero-order chi connectivity index (χ0) is 14.4. The van der Waals surface area contributed by atoms with Gasteiger partial charge < -0.3 is 19.6 Å². The van der Waals surface area contributed by atoms with E-state index in [2.05, 4.69) is 0 Å². The molecule has 0 spiro atoms. The molecule has 1 aliphatic rings. The van der Waals surface area contributed by atoms with Crippen molar-refractivity contribution in [2.45, 2.75) is 32.7 Å². The quantitative estimate of drug-likeness (QED) is 0.738. The first-order chi connectivity index (χ1) is 9.01. The van der Waals surface area contributed by atoms with Crippen LogP contribution in [0.4, 0.5) is 4.79 Å². The molecule has 0 aromatic rings. The number of carbonyl (C=O) groups is 3. The summed E-state index contributed by atoms with van der Waals surface area (Å²) < 4.78 is 4.79. The van der Waals surface area contributed by atoms with Gasteiger partial charge in [-0.15, -0.1) is 0 Å². The molecular weight excluding hydrogens is 252 g/mol. The van der Waals surface area contributed by atoms with Gasteiger partial charge in [0.2, 0.25) is 0 Å². The molecule has 1 rings (SSSR count). The third-order valence-electron chi connectivity index (χ3n) is 3.06. The number of carboxylic acids is 1. The van der Waals surface area contributed by atoms with E-state index in [1.54, 1.807) is 13.8 Å². The summed E-state index contributed by atoms with van der Waals surface area (Å²) in [7, 11) is 0. The summed E-state index contributed by atoms with van der Waals surface area (Å²) in [4.78, 5) is 37.3. The van der Waals surface area contributed by atoms with E-state index in [1.807, 2.05) is 0 Å². The molecule has 1 saturated heterocycles. The van der Waals surface area contributed by atoms with E-state index in [9.17, 15) is 14.4 Å². The number of amides is 2. The summed E-state index contributed by atoms with van der Waals surface area (Å²) in [6.07, 6.45) is 1.12. The van der Waals surface area contributed by atoms with Crippen molar-refractivity contribution in [3.63, 3.8) is 0 Å². The van der Waals surface area contributed by atoms with Crippen LogP contribution in [0.3, 0.4) is 0 Å². The standard InChI is InChI=1S/C12H20N2O5/c1-3-13(8-10(15)19-4-2)12(18)14-7-5-6-9(14)11(16)17/h9H,3-8H2,1-2H3,(H,16,17)/t9-/m1/s1. The fraction of sp³-hybridized carbons (Fsp3) is 0.750. The van der Waals surface area contributed by atoms with Crippen LogP contribution in [-0.2, 0) is 14.3 Å². The molecule has 1 atom stereocenters. The van der Waals surface area contributed by atoms with Gasteiger partial charge in [0.1, 0.15) is 12.6 Å². The molecule has 1 aliphatic heterocycles. The maximum Gasteiger partial charge on any atom is 0.326 e. The Balaban J connectivity index is 2.67. The van der Waals surface area contributed by atoms with Gasteiger partial charge in [-0.25, -0.2) is 9.59 Å². The number of aliphatic carboxylic acids is 1. The molecule has 0 aromatic carbocycles. The third-order valence-corrected chi connectivity index (χ3v) is 3.06. The van der Waals surface area contributed by atoms with E-state index in [0.717, 1.165) is 0 Å². The lowest BCUT2D eigenvalue weighted by Crippen LogP contribution is -2.49. The van der Waals surface area contributed by atoms with Gasteiger partial charge in [-0.3, -0.25) is 4.79 Å². The second-order valence-electron chi connectivity index (χ2n) is 4.29. The fourth-order valence-electron chi connectivity index (χ4n) is 2.11. The summed E-state index contributed by atoms with van der Waals surface area (Å²) in [5.41, 5.74) is 0. The van der Waals surface area contributed by atoms with Crippen molar-refractivity contribution in [1.82, 2.24) is 9.80 Å². The SMILES string of the molecule is CCOC(=O)CN(CC)C(=O)N1CCC[C@@H]1C(=O)O. The van der Waals surface area contributed by atoms with E-state index >= 15 is 0 Å². The first-order valence-electron chi connectivity index (χ1n) is 6.45. The molecule has 0 bridgehead atoms. The highest BCUT2D eigenvalue weighted by Gasteiger charge is 2.36. The predicted octanol–water partition coefficient (Wildman–Crippen LogP) is 0.540. The van der Waals surface area contributed by atoms with Crippen molar-refractivity contribution in [3.05, 3.63) is 0 Å². The van der Waals surface area contributed by atoms with Crippen LogP contribution in [0.1, 0.15) is 26.7 Å². The number of likely N-dealkylation sites (N-methyl/N-ethyl adjacent to an activating group) is 1. The molecule has 0 aromatic heterocycles. The van der Waals surface area contributed by atoms with Crippen molar-refractivity contribution in [2.24, 2.45) is 0 Å². The number of urea groups is 1. The van der Waals surface area contributed by atoms with Gasteiger partial charge in [0, 0.05) is 13.1 Å². The number of rotatable bonds is 5. The molecule has 0 unspecified atom stereocenters. The Morgan fingerprint density at radius 3 is 2.58 bits per heavy atom. The molecule has 0 saturated carbocycles. The number of esters is 1. The topological polar surface area (TPSA) is 87.2 Å². The number of carboxylic acid groups (broad SMARTS) is 1. The summed E-state index contributed by atoms with van der Waals surface area (Å²) in [6.45, 7) is 4.29. The van der Waals surface area contributed by atoms with Gasteiger partial charge in [0.25, 0.3) is 0 Å². The summed E-state index contributed by atoms with van der Waals surface area (Å²) in [5.74, 6) is -1.48. The number of hydrogen-bond acceptors (Lipinski definition) is 4. The fourth-order valence-corrected chi connectivity index (χ4v) is 2.11. The van der Waals surface area contributed by atoms with E-state index in [-0.39, 0.29) is 13.2 Å². The van der Waals surface area contributed by atoms with E-state index in [0.29, 0.717) is 25.9 Å². The summed E-state index contributed by atoms with van der Waals surface area (Å²) >= 11 is 0. The Morgan fingerprint density at radius 1 is 1.37 bits per heavy atom. The predicted molar refractivity (Wildman–Crippen MR) is 66.6 cm³/mol. The largest absolute Gasteiger partial charge is 0.480 e. The van der Waals surface area contributed by atoms with Crippen molar-refractivity contribution in [2.75, 3.05) is 26.2 Å². The minimum Gasteiger partial charge on any atom is -0.480 e. The Morgan fingerprint density at radius 2 is 2.05 bits per heavy atom. The van der Waals surface area contributed by atoms with Gasteiger partial charge in [-0.05, 0) is 26.7 Å². The Hall–Kier alpha value is -1.79. The molecule has 0 aliphatic carbocycles. The van der Waals surface area contributed by atoms with Crippen LogP contribution in [0.15, 0.2) is 0 Å². The number of ether oxygens (including phenoxy) is 1. The van der Waals surface area contributed by atoms with E-state index < -0.39 is 24.0 Å². The van der Waals surface area contributed by atoms with Crippen LogP contribution in [-0.4, -0.2) is 65.2 Å². The molecule has 1 heterocycles. The average Bonchev–Trinajstić information content (AvgIpc) is 2.84. The van der Waals surface area contributed by atoms with E-state index in [4.69, 9.17) is 9.84 Å². The first-order valence-corrected chi connectivity index (χ1v) is 6.45. The lowest BCUT2D eigenvalue weighted by molar-refractivity contribution is -0.143. The smallest absolute Gasteiger partial charge is 0.326 e. The van der Waals surface area contributed by atoms with Crippen LogP contribution in [0, 0.1) is 0 Å². The number of hydrogen-bond donors (Lipinski definition) is 1.